The first kappa shape index (κ1) is 19.0. The number of urea groups is 1. The quantitative estimate of drug-likeness (QED) is 0.637. The van der Waals surface area contributed by atoms with Crippen LogP contribution in [0.2, 0.25) is 0 Å². The largest absolute Gasteiger partial charge is 0.474 e. The van der Waals surface area contributed by atoms with Gasteiger partial charge in [-0.3, -0.25) is 4.79 Å². The van der Waals surface area contributed by atoms with Crippen molar-refractivity contribution in [2.45, 2.75) is 58.1 Å². The molecule has 1 aliphatic rings. The zero-order chi connectivity index (χ0) is 17.9. The summed E-state index contributed by atoms with van der Waals surface area (Å²) in [6.45, 7) is 3.36. The Morgan fingerprint density at radius 1 is 1.20 bits per heavy atom. The average Bonchev–Trinajstić information content (AvgIpc) is 3.11. The second-order valence-electron chi connectivity index (χ2n) is 6.24. The molecule has 0 unspecified atom stereocenters. The van der Waals surface area contributed by atoms with Crippen LogP contribution in [0.15, 0.2) is 18.3 Å². The summed E-state index contributed by atoms with van der Waals surface area (Å²) >= 11 is 0. The fourth-order valence-electron chi connectivity index (χ4n) is 2.69. The second kappa shape index (κ2) is 10.5. The third kappa shape index (κ3) is 7.41. The highest BCUT2D eigenvalue weighted by atomic mass is 16.5. The third-order valence-electron chi connectivity index (χ3n) is 4.05. The van der Waals surface area contributed by atoms with Crippen molar-refractivity contribution in [2.75, 3.05) is 13.1 Å². The van der Waals surface area contributed by atoms with E-state index in [-0.39, 0.29) is 24.5 Å². The lowest BCUT2D eigenvalue weighted by Crippen LogP contribution is -2.37. The monoisotopic (exact) mass is 348 g/mol. The van der Waals surface area contributed by atoms with E-state index in [1.54, 1.807) is 6.20 Å². The van der Waals surface area contributed by atoms with Crippen molar-refractivity contribution < 1.29 is 14.3 Å². The molecule has 0 spiro atoms. The molecule has 0 bridgehead atoms. The number of carbonyl (C=O) groups is 2. The van der Waals surface area contributed by atoms with E-state index < -0.39 is 0 Å². The molecule has 1 aliphatic carbocycles. The Hall–Kier alpha value is -2.31. The molecule has 1 fully saturated rings. The molecule has 1 aromatic heterocycles. The molecule has 1 saturated carbocycles. The number of rotatable bonds is 9. The molecule has 138 valence electrons. The molecule has 25 heavy (non-hydrogen) atoms. The number of ether oxygens (including phenoxy) is 1. The van der Waals surface area contributed by atoms with Crippen LogP contribution in [-0.4, -0.2) is 36.1 Å². The van der Waals surface area contributed by atoms with Crippen molar-refractivity contribution in [1.29, 1.82) is 0 Å². The van der Waals surface area contributed by atoms with Gasteiger partial charge < -0.3 is 20.7 Å². The molecule has 1 aromatic rings. The van der Waals surface area contributed by atoms with Gasteiger partial charge in [0.15, 0.2) is 0 Å². The van der Waals surface area contributed by atoms with Crippen LogP contribution in [0.3, 0.4) is 0 Å². The van der Waals surface area contributed by atoms with Crippen molar-refractivity contribution in [3.63, 3.8) is 0 Å². The van der Waals surface area contributed by atoms with Crippen LogP contribution < -0.4 is 20.7 Å². The highest BCUT2D eigenvalue weighted by Crippen LogP contribution is 2.23. The smallest absolute Gasteiger partial charge is 0.315 e. The number of pyridine rings is 1. The maximum absolute atomic E-state index is 11.8. The molecule has 0 aliphatic heterocycles. The summed E-state index contributed by atoms with van der Waals surface area (Å²) in [7, 11) is 0. The van der Waals surface area contributed by atoms with Gasteiger partial charge in [-0.15, -0.1) is 0 Å². The summed E-state index contributed by atoms with van der Waals surface area (Å²) in [4.78, 5) is 27.4. The molecule has 0 aromatic carbocycles. The number of nitrogens with one attached hydrogen (secondary N) is 3. The van der Waals surface area contributed by atoms with Crippen LogP contribution in [0.4, 0.5) is 4.79 Å². The van der Waals surface area contributed by atoms with Gasteiger partial charge in [0.05, 0.1) is 0 Å². The second-order valence-corrected chi connectivity index (χ2v) is 6.24. The van der Waals surface area contributed by atoms with Crippen LogP contribution >= 0.6 is 0 Å². The van der Waals surface area contributed by atoms with Gasteiger partial charge in [-0.2, -0.15) is 0 Å². The highest BCUT2D eigenvalue weighted by molar-refractivity contribution is 5.78. The Kier molecular flexibility index (Phi) is 8.01. The summed E-state index contributed by atoms with van der Waals surface area (Å²) < 4.78 is 5.86. The molecule has 3 amide bonds. The van der Waals surface area contributed by atoms with E-state index in [1.165, 1.54) is 12.8 Å². The number of hydrogen-bond donors (Lipinski definition) is 3. The van der Waals surface area contributed by atoms with Gasteiger partial charge in [0.25, 0.3) is 0 Å². The average molecular weight is 348 g/mol. The predicted octanol–water partition coefficient (Wildman–Crippen LogP) is 2.12. The lowest BCUT2D eigenvalue weighted by molar-refractivity contribution is -0.120. The number of nitrogens with zero attached hydrogens (tertiary/aromatic N) is 1. The SMILES string of the molecule is CCCNC(=O)CCNC(=O)NCc1ccnc(OC2CCCC2)c1. The zero-order valence-corrected chi connectivity index (χ0v) is 14.8. The van der Waals surface area contributed by atoms with Crippen molar-refractivity contribution in [3.05, 3.63) is 23.9 Å². The molecule has 7 nitrogen and oxygen atoms in total. The van der Waals surface area contributed by atoms with Crippen LogP contribution in [0.25, 0.3) is 0 Å². The normalized spacial score (nSPS) is 14.1. The molecule has 1 heterocycles. The lowest BCUT2D eigenvalue weighted by atomic mass is 10.2. The number of carbonyl (C=O) groups excluding carboxylic acids is 2. The van der Waals surface area contributed by atoms with E-state index in [2.05, 4.69) is 20.9 Å². The first-order chi connectivity index (χ1) is 12.2. The first-order valence-electron chi connectivity index (χ1n) is 9.07. The Balaban J connectivity index is 1.66. The van der Waals surface area contributed by atoms with Crippen LogP contribution in [0, 0.1) is 0 Å². The van der Waals surface area contributed by atoms with Gasteiger partial charge in [0.1, 0.15) is 6.10 Å². The van der Waals surface area contributed by atoms with Crippen LogP contribution in [0.5, 0.6) is 5.88 Å². The lowest BCUT2D eigenvalue weighted by Gasteiger charge is -2.13. The molecular weight excluding hydrogens is 320 g/mol. The van der Waals surface area contributed by atoms with E-state index in [0.717, 1.165) is 24.8 Å². The standard InChI is InChI=1S/C18H28N4O3/c1-2-9-19-16(23)8-11-21-18(24)22-13-14-7-10-20-17(12-14)25-15-5-3-4-6-15/h7,10,12,15H,2-6,8-9,11,13H2,1H3,(H,19,23)(H2,21,22,24). The van der Waals surface area contributed by atoms with E-state index in [0.29, 0.717) is 25.5 Å². The molecule has 0 saturated heterocycles. The van der Waals surface area contributed by atoms with Crippen molar-refractivity contribution in [3.8, 4) is 5.88 Å². The van der Waals surface area contributed by atoms with Gasteiger partial charge >= 0.3 is 6.03 Å². The van der Waals surface area contributed by atoms with E-state index in [9.17, 15) is 9.59 Å². The summed E-state index contributed by atoms with van der Waals surface area (Å²) in [6, 6.07) is 3.41. The van der Waals surface area contributed by atoms with Gasteiger partial charge in [-0.1, -0.05) is 6.92 Å². The number of hydrogen-bond acceptors (Lipinski definition) is 4. The minimum absolute atomic E-state index is 0.0509. The maximum atomic E-state index is 11.8. The minimum Gasteiger partial charge on any atom is -0.474 e. The number of aromatic nitrogens is 1. The van der Waals surface area contributed by atoms with Crippen molar-refractivity contribution >= 4 is 11.9 Å². The first-order valence-corrected chi connectivity index (χ1v) is 9.07. The molecule has 7 heteroatoms. The third-order valence-corrected chi connectivity index (χ3v) is 4.05. The van der Waals surface area contributed by atoms with E-state index in [1.807, 2.05) is 19.1 Å². The van der Waals surface area contributed by atoms with E-state index >= 15 is 0 Å². The molecular formula is C18H28N4O3. The van der Waals surface area contributed by atoms with Crippen LogP contribution in [0.1, 0.15) is 51.0 Å². The Morgan fingerprint density at radius 2 is 2.00 bits per heavy atom. The summed E-state index contributed by atoms with van der Waals surface area (Å²) in [6.07, 6.45) is 7.72. The van der Waals surface area contributed by atoms with E-state index in [4.69, 9.17) is 4.74 Å². The Labute approximate surface area is 148 Å². The zero-order valence-electron chi connectivity index (χ0n) is 14.8. The Bertz CT molecular complexity index is 559. The maximum Gasteiger partial charge on any atom is 0.315 e. The highest BCUT2D eigenvalue weighted by Gasteiger charge is 2.17. The molecule has 3 N–H and O–H groups in total. The van der Waals surface area contributed by atoms with Crippen molar-refractivity contribution in [2.24, 2.45) is 0 Å². The molecule has 0 radical (unpaired) electrons. The fourth-order valence-corrected chi connectivity index (χ4v) is 2.69. The van der Waals surface area contributed by atoms with Crippen LogP contribution in [-0.2, 0) is 11.3 Å². The van der Waals surface area contributed by atoms with Gasteiger partial charge in [0.2, 0.25) is 11.8 Å². The van der Waals surface area contributed by atoms with Crippen molar-refractivity contribution in [1.82, 2.24) is 20.9 Å². The fraction of sp³-hybridized carbons (Fsp3) is 0.611. The Morgan fingerprint density at radius 3 is 2.76 bits per heavy atom. The molecule has 0 atom stereocenters. The number of amides is 3. The summed E-state index contributed by atoms with van der Waals surface area (Å²) in [5.41, 5.74) is 0.929. The van der Waals surface area contributed by atoms with Gasteiger partial charge in [0, 0.05) is 38.3 Å². The van der Waals surface area contributed by atoms with Gasteiger partial charge in [-0.25, -0.2) is 9.78 Å². The summed E-state index contributed by atoms with van der Waals surface area (Å²) in [5, 5.41) is 8.22. The topological polar surface area (TPSA) is 92.4 Å². The predicted molar refractivity (Wildman–Crippen MR) is 95.3 cm³/mol. The summed E-state index contributed by atoms with van der Waals surface area (Å²) in [5.74, 6) is 0.559. The van der Waals surface area contributed by atoms with Gasteiger partial charge in [-0.05, 0) is 43.7 Å². The molecule has 2 rings (SSSR count). The minimum atomic E-state index is -0.293.